The summed E-state index contributed by atoms with van der Waals surface area (Å²) in [6.07, 6.45) is 5.69. The number of carbonyl (C=O) groups excluding carboxylic acids is 2. The third kappa shape index (κ3) is 3.24. The first kappa shape index (κ1) is 20.4. The Labute approximate surface area is 193 Å². The second kappa shape index (κ2) is 7.97. The molecule has 2 aliphatic heterocycles. The highest BCUT2D eigenvalue weighted by atomic mass is 32.1. The summed E-state index contributed by atoms with van der Waals surface area (Å²) in [5.41, 5.74) is 4.39. The minimum atomic E-state index is -0.360. The number of benzene rings is 1. The largest absolute Gasteiger partial charge is 0.360 e. The van der Waals surface area contributed by atoms with Crippen molar-refractivity contribution in [2.24, 2.45) is 0 Å². The van der Waals surface area contributed by atoms with Crippen molar-refractivity contribution in [3.05, 3.63) is 59.2 Å². The summed E-state index contributed by atoms with van der Waals surface area (Å²) in [7, 11) is 0. The maximum atomic E-state index is 13.1. The molecule has 0 spiro atoms. The van der Waals surface area contributed by atoms with Gasteiger partial charge in [0, 0.05) is 60.1 Å². The average molecular weight is 463 g/mol. The second-order valence-corrected chi connectivity index (χ2v) is 9.54. The summed E-state index contributed by atoms with van der Waals surface area (Å²) in [5, 5.41) is 5.45. The Morgan fingerprint density at radius 3 is 2.58 bits per heavy atom. The fraction of sp³-hybridized carbons (Fsp3) is 0.280. The van der Waals surface area contributed by atoms with E-state index in [-0.39, 0.29) is 24.5 Å². The number of carbonyl (C=O) groups is 2. The van der Waals surface area contributed by atoms with Crippen molar-refractivity contribution in [1.82, 2.24) is 19.8 Å². The van der Waals surface area contributed by atoms with E-state index in [9.17, 15) is 14.0 Å². The molecule has 0 unspecified atom stereocenters. The van der Waals surface area contributed by atoms with E-state index in [1.165, 1.54) is 0 Å². The number of aromatic amines is 1. The zero-order chi connectivity index (χ0) is 22.5. The molecular formula is C25H23FN4O2S. The molecule has 168 valence electrons. The van der Waals surface area contributed by atoms with Gasteiger partial charge in [-0.2, -0.15) is 0 Å². The monoisotopic (exact) mass is 462 g/mol. The van der Waals surface area contributed by atoms with Crippen LogP contribution in [0.15, 0.2) is 48.1 Å². The molecule has 5 heterocycles. The van der Waals surface area contributed by atoms with Crippen LogP contribution in [0.5, 0.6) is 0 Å². The Balaban J connectivity index is 1.50. The lowest BCUT2D eigenvalue weighted by Gasteiger charge is -2.32. The lowest BCUT2D eigenvalue weighted by Crippen LogP contribution is -2.35. The molecule has 0 radical (unpaired) electrons. The summed E-state index contributed by atoms with van der Waals surface area (Å²) in [6.45, 7) is 1.86. The van der Waals surface area contributed by atoms with E-state index in [1.807, 2.05) is 42.0 Å². The van der Waals surface area contributed by atoms with Gasteiger partial charge in [-0.15, -0.1) is 11.3 Å². The molecule has 6 nitrogen and oxygen atoms in total. The maximum Gasteiger partial charge on any atom is 0.259 e. The predicted molar refractivity (Wildman–Crippen MR) is 129 cm³/mol. The summed E-state index contributed by atoms with van der Waals surface area (Å²) in [4.78, 5) is 31.4. The van der Waals surface area contributed by atoms with E-state index in [4.69, 9.17) is 0 Å². The summed E-state index contributed by atoms with van der Waals surface area (Å²) in [5.74, 6) is -0.720. The van der Waals surface area contributed by atoms with E-state index in [2.05, 4.69) is 25.8 Å². The number of nitrogens with zero attached hydrogens (tertiary/aromatic N) is 2. The van der Waals surface area contributed by atoms with E-state index < -0.39 is 0 Å². The second-order valence-electron chi connectivity index (χ2n) is 8.63. The Morgan fingerprint density at radius 2 is 1.79 bits per heavy atom. The zero-order valence-electron chi connectivity index (χ0n) is 17.9. The van der Waals surface area contributed by atoms with Gasteiger partial charge in [0.25, 0.3) is 11.8 Å². The minimum absolute atomic E-state index is 0.264. The highest BCUT2D eigenvalue weighted by Gasteiger charge is 2.35. The zero-order valence-corrected chi connectivity index (χ0v) is 18.8. The summed E-state index contributed by atoms with van der Waals surface area (Å²) >= 11 is 1.55. The Bertz CT molecular complexity index is 1420. The highest BCUT2D eigenvalue weighted by molar-refractivity contribution is 7.17. The standard InChI is InChI=1S/C25H23FN4O2S/c26-8-11-29-9-5-15(6-10-29)30-14-18(16-3-1-2-4-20(16)30)22-21(24(31)28-25(22)32)17-13-27-19-7-12-33-23(17)19/h1-4,7,12-15,27H,5-6,8-11H2,(H,28,31,32). The minimum Gasteiger partial charge on any atom is -0.360 e. The van der Waals surface area contributed by atoms with Gasteiger partial charge in [0.1, 0.15) is 6.67 Å². The number of aromatic nitrogens is 2. The molecule has 0 atom stereocenters. The van der Waals surface area contributed by atoms with Crippen molar-refractivity contribution in [2.75, 3.05) is 26.3 Å². The molecule has 0 bridgehead atoms. The lowest BCUT2D eigenvalue weighted by atomic mass is 9.97. The summed E-state index contributed by atoms with van der Waals surface area (Å²) < 4.78 is 16.0. The molecule has 6 rings (SSSR count). The number of H-pyrrole nitrogens is 1. The molecule has 1 aromatic carbocycles. The average Bonchev–Trinajstić information content (AvgIpc) is 3.57. The van der Waals surface area contributed by atoms with Crippen LogP contribution < -0.4 is 5.32 Å². The van der Waals surface area contributed by atoms with E-state index >= 15 is 0 Å². The number of hydrogen-bond donors (Lipinski definition) is 2. The predicted octanol–water partition coefficient (Wildman–Crippen LogP) is 4.36. The number of fused-ring (bicyclic) bond motifs is 2. The van der Waals surface area contributed by atoms with Gasteiger partial charge in [-0.3, -0.25) is 14.9 Å². The van der Waals surface area contributed by atoms with Gasteiger partial charge in [-0.1, -0.05) is 18.2 Å². The van der Waals surface area contributed by atoms with Gasteiger partial charge in [0.05, 0.1) is 21.4 Å². The number of alkyl halides is 1. The number of nitrogens with one attached hydrogen (secondary N) is 2. The molecule has 1 fully saturated rings. The van der Waals surface area contributed by atoms with E-state index in [1.54, 1.807) is 11.3 Å². The van der Waals surface area contributed by atoms with Crippen molar-refractivity contribution < 1.29 is 14.0 Å². The van der Waals surface area contributed by atoms with Crippen LogP contribution in [-0.4, -0.2) is 52.6 Å². The molecule has 3 aromatic heterocycles. The molecule has 0 saturated carbocycles. The summed E-state index contributed by atoms with van der Waals surface area (Å²) in [6, 6.07) is 10.3. The first-order valence-corrected chi connectivity index (χ1v) is 12.1. The van der Waals surface area contributed by atoms with E-state index in [0.717, 1.165) is 58.2 Å². The molecular weight excluding hydrogens is 439 g/mol. The third-order valence-electron chi connectivity index (χ3n) is 6.84. The van der Waals surface area contributed by atoms with Crippen LogP contribution in [0.3, 0.4) is 0 Å². The first-order chi connectivity index (χ1) is 16.2. The van der Waals surface area contributed by atoms with Gasteiger partial charge in [-0.05, 0) is 30.4 Å². The third-order valence-corrected chi connectivity index (χ3v) is 7.79. The van der Waals surface area contributed by atoms with Crippen LogP contribution in [0.2, 0.25) is 0 Å². The molecule has 1 saturated heterocycles. The van der Waals surface area contributed by atoms with Crippen molar-refractivity contribution in [2.45, 2.75) is 18.9 Å². The first-order valence-electron chi connectivity index (χ1n) is 11.2. The normalized spacial score (nSPS) is 18.2. The number of imide groups is 1. The molecule has 4 aromatic rings. The number of rotatable bonds is 5. The Hall–Kier alpha value is -3.23. The molecule has 8 heteroatoms. The quantitative estimate of drug-likeness (QED) is 0.433. The Morgan fingerprint density at radius 1 is 1.03 bits per heavy atom. The Kier molecular flexibility index (Phi) is 4.92. The van der Waals surface area contributed by atoms with Crippen LogP contribution in [0, 0.1) is 0 Å². The van der Waals surface area contributed by atoms with Crippen LogP contribution in [0.25, 0.3) is 32.3 Å². The number of amides is 2. The van der Waals surface area contributed by atoms with Crippen LogP contribution in [0.4, 0.5) is 4.39 Å². The molecule has 33 heavy (non-hydrogen) atoms. The van der Waals surface area contributed by atoms with Gasteiger partial charge >= 0.3 is 0 Å². The van der Waals surface area contributed by atoms with Gasteiger partial charge in [-0.25, -0.2) is 4.39 Å². The fourth-order valence-corrected chi connectivity index (χ4v) is 6.13. The fourth-order valence-electron chi connectivity index (χ4n) is 5.25. The van der Waals surface area contributed by atoms with E-state index in [0.29, 0.717) is 17.7 Å². The van der Waals surface area contributed by atoms with Gasteiger partial charge in [0.15, 0.2) is 0 Å². The number of likely N-dealkylation sites (tertiary alicyclic amines) is 1. The number of thiophene rings is 1. The van der Waals surface area contributed by atoms with Gasteiger partial charge < -0.3 is 14.5 Å². The SMILES string of the molecule is O=C1NC(=O)C(c2c[nH]c3ccsc23)=C1c1cn(C2CCN(CCF)CC2)c2ccccc12. The van der Waals surface area contributed by atoms with Gasteiger partial charge in [0.2, 0.25) is 0 Å². The van der Waals surface area contributed by atoms with Crippen molar-refractivity contribution in [3.63, 3.8) is 0 Å². The smallest absolute Gasteiger partial charge is 0.259 e. The number of para-hydroxylation sites is 1. The van der Waals surface area contributed by atoms with Crippen LogP contribution >= 0.6 is 11.3 Å². The lowest BCUT2D eigenvalue weighted by molar-refractivity contribution is -0.122. The van der Waals surface area contributed by atoms with Crippen molar-refractivity contribution in [3.8, 4) is 0 Å². The molecule has 2 aliphatic rings. The van der Waals surface area contributed by atoms with Crippen molar-refractivity contribution >= 4 is 55.4 Å². The topological polar surface area (TPSA) is 70.1 Å². The molecule has 0 aliphatic carbocycles. The molecule has 2 N–H and O–H groups in total. The number of halogens is 1. The highest BCUT2D eigenvalue weighted by Crippen LogP contribution is 2.40. The number of hydrogen-bond acceptors (Lipinski definition) is 4. The molecule has 2 amide bonds. The van der Waals surface area contributed by atoms with Crippen LogP contribution in [0.1, 0.15) is 30.0 Å². The maximum absolute atomic E-state index is 13.1. The van der Waals surface area contributed by atoms with Crippen LogP contribution in [-0.2, 0) is 9.59 Å². The number of piperidine rings is 1. The van der Waals surface area contributed by atoms with Crippen molar-refractivity contribution in [1.29, 1.82) is 0 Å².